The van der Waals surface area contributed by atoms with Gasteiger partial charge < -0.3 is 15.5 Å². The van der Waals surface area contributed by atoms with Crippen molar-refractivity contribution in [1.82, 2.24) is 5.32 Å². The van der Waals surface area contributed by atoms with Crippen LogP contribution < -0.4 is 5.32 Å². The van der Waals surface area contributed by atoms with Crippen LogP contribution in [0.25, 0.3) is 0 Å². The van der Waals surface area contributed by atoms with E-state index in [1.165, 1.54) is 0 Å². The number of rotatable bonds is 8. The van der Waals surface area contributed by atoms with Crippen LogP contribution in [0.4, 0.5) is 0 Å². The molecule has 1 rings (SSSR count). The molecule has 0 saturated carbocycles. The molecule has 4 nitrogen and oxygen atoms in total. The SMILES string of the molecule is CC(C)CC(CCO)CNC(=O)Cc1ccc(O)cc1. The summed E-state index contributed by atoms with van der Waals surface area (Å²) < 4.78 is 0. The second-order valence-corrected chi connectivity index (χ2v) is 5.66. The van der Waals surface area contributed by atoms with Gasteiger partial charge in [-0.05, 0) is 42.4 Å². The van der Waals surface area contributed by atoms with E-state index in [0.717, 1.165) is 18.4 Å². The lowest BCUT2D eigenvalue weighted by Crippen LogP contribution is -2.31. The fourth-order valence-electron chi connectivity index (χ4n) is 2.27. The van der Waals surface area contributed by atoms with Crippen molar-refractivity contribution in [2.75, 3.05) is 13.2 Å². The molecule has 0 spiro atoms. The fraction of sp³-hybridized carbons (Fsp3) is 0.562. The lowest BCUT2D eigenvalue weighted by atomic mass is 9.94. The van der Waals surface area contributed by atoms with Crippen LogP contribution >= 0.6 is 0 Å². The number of aromatic hydroxyl groups is 1. The Kier molecular flexibility index (Phi) is 7.09. The first-order valence-corrected chi connectivity index (χ1v) is 7.16. The number of hydrogen-bond donors (Lipinski definition) is 3. The standard InChI is InChI=1S/C16H25NO3/c1-12(2)9-14(7-8-18)11-17-16(20)10-13-3-5-15(19)6-4-13/h3-6,12,14,18-19H,7-11H2,1-2H3,(H,17,20). The highest BCUT2D eigenvalue weighted by atomic mass is 16.3. The van der Waals surface area contributed by atoms with E-state index in [1.54, 1.807) is 24.3 Å². The molecule has 0 saturated heterocycles. The van der Waals surface area contributed by atoms with E-state index in [9.17, 15) is 9.90 Å². The van der Waals surface area contributed by atoms with Gasteiger partial charge >= 0.3 is 0 Å². The summed E-state index contributed by atoms with van der Waals surface area (Å²) in [5, 5.41) is 21.1. The van der Waals surface area contributed by atoms with Crippen molar-refractivity contribution in [3.8, 4) is 5.75 Å². The molecule has 0 heterocycles. The molecule has 1 amide bonds. The van der Waals surface area contributed by atoms with Crippen molar-refractivity contribution >= 4 is 5.91 Å². The van der Waals surface area contributed by atoms with Crippen molar-refractivity contribution in [3.05, 3.63) is 29.8 Å². The first-order chi connectivity index (χ1) is 9.51. The van der Waals surface area contributed by atoms with E-state index in [0.29, 0.717) is 24.8 Å². The Labute approximate surface area is 120 Å². The summed E-state index contributed by atoms with van der Waals surface area (Å²) >= 11 is 0. The minimum Gasteiger partial charge on any atom is -0.508 e. The number of carbonyl (C=O) groups excluding carboxylic acids is 1. The molecule has 3 N–H and O–H groups in total. The maximum atomic E-state index is 11.9. The number of benzene rings is 1. The number of phenols is 1. The summed E-state index contributed by atoms with van der Waals surface area (Å²) in [5.41, 5.74) is 0.878. The van der Waals surface area contributed by atoms with Gasteiger partial charge in [0.25, 0.3) is 0 Å². The molecule has 0 aliphatic carbocycles. The molecule has 0 aromatic heterocycles. The van der Waals surface area contributed by atoms with Crippen LogP contribution in [0.5, 0.6) is 5.75 Å². The van der Waals surface area contributed by atoms with Gasteiger partial charge in [-0.25, -0.2) is 0 Å². The second-order valence-electron chi connectivity index (χ2n) is 5.66. The Bertz CT molecular complexity index is 401. The fourth-order valence-corrected chi connectivity index (χ4v) is 2.27. The summed E-state index contributed by atoms with van der Waals surface area (Å²) in [6, 6.07) is 6.65. The average molecular weight is 279 g/mol. The Morgan fingerprint density at radius 3 is 2.45 bits per heavy atom. The van der Waals surface area contributed by atoms with Gasteiger partial charge in [-0.1, -0.05) is 26.0 Å². The molecule has 112 valence electrons. The minimum absolute atomic E-state index is 0.0256. The number of phenolic OH excluding ortho intramolecular Hbond substituents is 1. The maximum Gasteiger partial charge on any atom is 0.224 e. The van der Waals surface area contributed by atoms with Crippen LogP contribution in [-0.2, 0) is 11.2 Å². The molecular formula is C16H25NO3. The average Bonchev–Trinajstić information content (AvgIpc) is 2.38. The summed E-state index contributed by atoms with van der Waals surface area (Å²) in [7, 11) is 0. The number of aliphatic hydroxyl groups is 1. The van der Waals surface area contributed by atoms with Crippen molar-refractivity contribution in [2.45, 2.75) is 33.1 Å². The van der Waals surface area contributed by atoms with E-state index in [4.69, 9.17) is 5.11 Å². The number of carbonyl (C=O) groups is 1. The van der Waals surface area contributed by atoms with E-state index < -0.39 is 0 Å². The van der Waals surface area contributed by atoms with Gasteiger partial charge in [-0.15, -0.1) is 0 Å². The van der Waals surface area contributed by atoms with Gasteiger partial charge in [0.15, 0.2) is 0 Å². The van der Waals surface area contributed by atoms with Crippen molar-refractivity contribution in [3.63, 3.8) is 0 Å². The number of nitrogens with one attached hydrogen (secondary N) is 1. The van der Waals surface area contributed by atoms with Crippen LogP contribution in [0.1, 0.15) is 32.3 Å². The highest BCUT2D eigenvalue weighted by Gasteiger charge is 2.12. The molecule has 1 aromatic carbocycles. The number of aliphatic hydroxyl groups excluding tert-OH is 1. The Hall–Kier alpha value is -1.55. The molecule has 0 aliphatic heterocycles. The van der Waals surface area contributed by atoms with E-state index in [1.807, 2.05) is 0 Å². The van der Waals surface area contributed by atoms with E-state index in [-0.39, 0.29) is 18.3 Å². The monoisotopic (exact) mass is 279 g/mol. The van der Waals surface area contributed by atoms with E-state index in [2.05, 4.69) is 19.2 Å². The Balaban J connectivity index is 2.38. The van der Waals surface area contributed by atoms with Crippen LogP contribution in [0, 0.1) is 11.8 Å². The summed E-state index contributed by atoms with van der Waals surface area (Å²) in [5.74, 6) is 1.06. The normalized spacial score (nSPS) is 12.4. The first kappa shape index (κ1) is 16.5. The van der Waals surface area contributed by atoms with Crippen LogP contribution in [0.2, 0.25) is 0 Å². The van der Waals surface area contributed by atoms with Gasteiger partial charge in [0.05, 0.1) is 6.42 Å². The largest absolute Gasteiger partial charge is 0.508 e. The van der Waals surface area contributed by atoms with E-state index >= 15 is 0 Å². The van der Waals surface area contributed by atoms with Crippen molar-refractivity contribution in [2.24, 2.45) is 11.8 Å². The predicted octanol–water partition coefficient (Wildman–Crippen LogP) is 2.10. The smallest absolute Gasteiger partial charge is 0.224 e. The number of amides is 1. The first-order valence-electron chi connectivity index (χ1n) is 7.16. The van der Waals surface area contributed by atoms with Crippen LogP contribution in [-0.4, -0.2) is 29.3 Å². The van der Waals surface area contributed by atoms with Crippen molar-refractivity contribution < 1.29 is 15.0 Å². The highest BCUT2D eigenvalue weighted by Crippen LogP contribution is 2.14. The summed E-state index contributed by atoms with van der Waals surface area (Å²) in [6.07, 6.45) is 2.03. The molecule has 1 aromatic rings. The third kappa shape index (κ3) is 6.57. The van der Waals surface area contributed by atoms with Crippen LogP contribution in [0.3, 0.4) is 0 Å². The molecule has 0 bridgehead atoms. The topological polar surface area (TPSA) is 69.6 Å². The molecule has 0 aliphatic rings. The number of hydrogen-bond acceptors (Lipinski definition) is 3. The van der Waals surface area contributed by atoms with Crippen LogP contribution in [0.15, 0.2) is 24.3 Å². The minimum atomic E-state index is -0.0256. The second kappa shape index (κ2) is 8.59. The molecule has 1 atom stereocenters. The maximum absolute atomic E-state index is 11.9. The molecule has 0 fully saturated rings. The zero-order valence-electron chi connectivity index (χ0n) is 12.3. The molecule has 1 unspecified atom stereocenters. The van der Waals surface area contributed by atoms with Gasteiger partial charge in [-0.3, -0.25) is 4.79 Å². The Morgan fingerprint density at radius 1 is 1.25 bits per heavy atom. The zero-order chi connectivity index (χ0) is 15.0. The van der Waals surface area contributed by atoms with Gasteiger partial charge in [0.2, 0.25) is 5.91 Å². The molecule has 0 radical (unpaired) electrons. The van der Waals surface area contributed by atoms with Gasteiger partial charge in [-0.2, -0.15) is 0 Å². The summed E-state index contributed by atoms with van der Waals surface area (Å²) in [6.45, 7) is 5.05. The van der Waals surface area contributed by atoms with Gasteiger partial charge in [0.1, 0.15) is 5.75 Å². The third-order valence-electron chi connectivity index (χ3n) is 3.23. The molecule has 20 heavy (non-hydrogen) atoms. The highest BCUT2D eigenvalue weighted by molar-refractivity contribution is 5.78. The molecule has 4 heteroatoms. The summed E-state index contributed by atoms with van der Waals surface area (Å²) in [4.78, 5) is 11.9. The van der Waals surface area contributed by atoms with Crippen molar-refractivity contribution in [1.29, 1.82) is 0 Å². The molecular weight excluding hydrogens is 254 g/mol. The zero-order valence-corrected chi connectivity index (χ0v) is 12.3. The Morgan fingerprint density at radius 2 is 1.90 bits per heavy atom. The van der Waals surface area contributed by atoms with Gasteiger partial charge in [0, 0.05) is 13.2 Å². The quantitative estimate of drug-likeness (QED) is 0.682. The third-order valence-corrected chi connectivity index (χ3v) is 3.23. The lowest BCUT2D eigenvalue weighted by molar-refractivity contribution is -0.120. The lowest BCUT2D eigenvalue weighted by Gasteiger charge is -2.18. The predicted molar refractivity (Wildman–Crippen MR) is 79.5 cm³/mol.